The van der Waals surface area contributed by atoms with Crippen LogP contribution in [0.15, 0.2) is 121 Å². The zero-order valence-electron chi connectivity index (χ0n) is 31.3. The van der Waals surface area contributed by atoms with E-state index < -0.39 is 0 Å². The van der Waals surface area contributed by atoms with E-state index in [0.29, 0.717) is 23.0 Å². The summed E-state index contributed by atoms with van der Waals surface area (Å²) in [4.78, 5) is 21.9. The first kappa shape index (κ1) is 37.3. The van der Waals surface area contributed by atoms with Gasteiger partial charge in [0.25, 0.3) is 0 Å². The Morgan fingerprint density at radius 1 is 0.635 bits per heavy atom. The molecular weight excluding hydrogens is 660 g/mol. The van der Waals surface area contributed by atoms with Crippen molar-refractivity contribution in [1.29, 1.82) is 0 Å². The molecule has 2 aliphatic rings. The number of rotatable bonds is 11. The second-order valence-corrected chi connectivity index (χ2v) is 15.1. The number of halogens is 1. The van der Waals surface area contributed by atoms with E-state index in [4.69, 9.17) is 11.6 Å². The first-order valence-corrected chi connectivity index (χ1v) is 19.1. The number of nitrogens with zero attached hydrogens (tertiary/aromatic N) is 4. The van der Waals surface area contributed by atoms with Gasteiger partial charge in [-0.1, -0.05) is 91.3 Å². The summed E-state index contributed by atoms with van der Waals surface area (Å²) in [6.45, 7) is 6.71. The van der Waals surface area contributed by atoms with E-state index in [1.54, 1.807) is 24.3 Å². The molecule has 270 valence electrons. The average Bonchev–Trinajstić information content (AvgIpc) is 3.40. The minimum Gasteiger partial charge on any atom is -0.341 e. The lowest BCUT2D eigenvalue weighted by molar-refractivity contribution is 0.0946. The van der Waals surface area contributed by atoms with Gasteiger partial charge < -0.3 is 14.7 Å². The number of fused-ring (bicyclic) bond motifs is 4. The fourth-order valence-electron chi connectivity index (χ4n) is 7.72. The van der Waals surface area contributed by atoms with Gasteiger partial charge in [0.2, 0.25) is 0 Å². The van der Waals surface area contributed by atoms with Gasteiger partial charge in [-0.3, -0.25) is 9.69 Å². The van der Waals surface area contributed by atoms with Gasteiger partial charge in [0, 0.05) is 59.5 Å². The van der Waals surface area contributed by atoms with E-state index in [2.05, 4.69) is 138 Å². The Balaban J connectivity index is 0.000000187. The van der Waals surface area contributed by atoms with Gasteiger partial charge in [-0.05, 0) is 130 Å². The predicted octanol–water partition coefficient (Wildman–Crippen LogP) is 9.90. The molecule has 7 rings (SSSR count). The van der Waals surface area contributed by atoms with Crippen LogP contribution in [-0.2, 0) is 25.7 Å². The minimum atomic E-state index is 0.125. The van der Waals surface area contributed by atoms with E-state index >= 15 is 0 Å². The van der Waals surface area contributed by atoms with E-state index in [0.717, 1.165) is 58.3 Å². The highest BCUT2D eigenvalue weighted by Crippen LogP contribution is 2.37. The number of carbonyl (C=O) groups excluding carboxylic acids is 1. The van der Waals surface area contributed by atoms with Crippen LogP contribution in [0.2, 0.25) is 5.02 Å². The Morgan fingerprint density at radius 3 is 1.50 bits per heavy atom. The summed E-state index contributed by atoms with van der Waals surface area (Å²) in [5, 5.41) is 0.651. The van der Waals surface area contributed by atoms with Gasteiger partial charge in [0.05, 0.1) is 6.54 Å². The van der Waals surface area contributed by atoms with Crippen LogP contribution in [0.5, 0.6) is 0 Å². The van der Waals surface area contributed by atoms with E-state index in [-0.39, 0.29) is 5.78 Å². The molecule has 2 aliphatic heterocycles. The molecule has 0 spiro atoms. The highest BCUT2D eigenvalue weighted by atomic mass is 35.5. The molecule has 0 N–H and O–H groups in total. The van der Waals surface area contributed by atoms with Crippen molar-refractivity contribution in [2.75, 3.05) is 63.7 Å². The molecule has 0 aliphatic carbocycles. The first-order chi connectivity index (χ1) is 25.3. The number of carbonyl (C=O) groups is 1. The van der Waals surface area contributed by atoms with Crippen molar-refractivity contribution < 1.29 is 4.79 Å². The molecule has 0 saturated heterocycles. The summed E-state index contributed by atoms with van der Waals surface area (Å²) in [5.41, 5.74) is 11.8. The van der Waals surface area contributed by atoms with Crippen molar-refractivity contribution in [2.45, 2.75) is 39.0 Å². The van der Waals surface area contributed by atoms with Gasteiger partial charge in [0.15, 0.2) is 5.78 Å². The molecule has 5 nitrogen and oxygen atoms in total. The van der Waals surface area contributed by atoms with Crippen LogP contribution < -0.4 is 9.80 Å². The number of anilines is 4. The number of para-hydroxylation sites is 4. The number of hydrogen-bond donors (Lipinski definition) is 0. The normalized spacial score (nSPS) is 13.9. The van der Waals surface area contributed by atoms with Gasteiger partial charge in [-0.15, -0.1) is 0 Å². The molecule has 2 heterocycles. The maximum absolute atomic E-state index is 12.5. The fourth-order valence-corrected chi connectivity index (χ4v) is 7.85. The quantitative estimate of drug-likeness (QED) is 0.127. The Bertz CT molecular complexity index is 1830. The smallest absolute Gasteiger partial charge is 0.176 e. The topological polar surface area (TPSA) is 30.0 Å². The summed E-state index contributed by atoms with van der Waals surface area (Å²) < 4.78 is 0. The van der Waals surface area contributed by atoms with Crippen LogP contribution in [0.3, 0.4) is 0 Å². The molecule has 1 atom stereocenters. The van der Waals surface area contributed by atoms with E-state index in [1.807, 2.05) is 7.05 Å². The maximum Gasteiger partial charge on any atom is 0.176 e. The van der Waals surface area contributed by atoms with Crippen LogP contribution in [0.1, 0.15) is 46.0 Å². The molecule has 0 fully saturated rings. The van der Waals surface area contributed by atoms with Crippen LogP contribution >= 0.6 is 11.6 Å². The monoisotopic (exact) mass is 712 g/mol. The molecule has 5 aromatic rings. The predicted molar refractivity (Wildman–Crippen MR) is 220 cm³/mol. The second kappa shape index (κ2) is 17.9. The largest absolute Gasteiger partial charge is 0.341 e. The number of hydrogen-bond acceptors (Lipinski definition) is 5. The molecule has 5 aromatic carbocycles. The number of aryl methyl sites for hydroxylation is 4. The zero-order chi connectivity index (χ0) is 36.5. The number of likely N-dealkylation sites (N-methyl/N-ethyl adjacent to an activating group) is 1. The third-order valence-electron chi connectivity index (χ3n) is 10.1. The standard InChI is InChI=1S/C26H27ClN2O.C20H26N2/c1-28(19-26(30)22-13-15-23(27)16-14-22)17-6-18-29-24-9-4-2-7-20(24)11-12-21-8-3-5-10-25(21)29;1-16(14-21(2)3)15-22-19-10-6-4-8-17(19)12-13-18-9-5-7-11-20(18)22/h2-5,7-10,13-16H,6,11-12,17-19H2,1H3;4-11,16H,12-15H2,1-3H3. The molecule has 0 bridgehead atoms. The Morgan fingerprint density at radius 2 is 1.06 bits per heavy atom. The third kappa shape index (κ3) is 9.51. The first-order valence-electron chi connectivity index (χ1n) is 18.8. The summed E-state index contributed by atoms with van der Waals surface area (Å²) >= 11 is 5.92. The van der Waals surface area contributed by atoms with Crippen molar-refractivity contribution in [3.8, 4) is 0 Å². The van der Waals surface area contributed by atoms with Crippen LogP contribution in [0.25, 0.3) is 0 Å². The van der Waals surface area contributed by atoms with Crippen LogP contribution in [0.4, 0.5) is 22.7 Å². The van der Waals surface area contributed by atoms with Crippen molar-refractivity contribution in [1.82, 2.24) is 9.80 Å². The van der Waals surface area contributed by atoms with E-state index in [9.17, 15) is 4.79 Å². The van der Waals surface area contributed by atoms with Gasteiger partial charge >= 0.3 is 0 Å². The van der Waals surface area contributed by atoms with Crippen molar-refractivity contribution in [3.63, 3.8) is 0 Å². The second-order valence-electron chi connectivity index (χ2n) is 14.7. The van der Waals surface area contributed by atoms with Gasteiger partial charge in [-0.25, -0.2) is 0 Å². The number of Topliss-reactive ketones (excluding diaryl/α,β-unsaturated/α-hetero) is 1. The Kier molecular flexibility index (Phi) is 12.8. The lowest BCUT2D eigenvalue weighted by Gasteiger charge is -2.30. The fraction of sp³-hybridized carbons (Fsp3) is 0.326. The molecule has 0 amide bonds. The molecule has 0 radical (unpaired) electrons. The van der Waals surface area contributed by atoms with Gasteiger partial charge in [-0.2, -0.15) is 0 Å². The highest BCUT2D eigenvalue weighted by molar-refractivity contribution is 6.30. The highest BCUT2D eigenvalue weighted by Gasteiger charge is 2.22. The van der Waals surface area contributed by atoms with Crippen molar-refractivity contribution in [2.24, 2.45) is 5.92 Å². The summed E-state index contributed by atoms with van der Waals surface area (Å²) in [5.74, 6) is 0.744. The molecule has 0 saturated carbocycles. The summed E-state index contributed by atoms with van der Waals surface area (Å²) in [6, 6.07) is 42.3. The minimum absolute atomic E-state index is 0.125. The van der Waals surface area contributed by atoms with Crippen LogP contribution in [-0.4, -0.2) is 69.4 Å². The lowest BCUT2D eigenvalue weighted by Crippen LogP contribution is -2.30. The van der Waals surface area contributed by atoms with Crippen LogP contribution in [0, 0.1) is 5.92 Å². The third-order valence-corrected chi connectivity index (χ3v) is 10.4. The molecule has 6 heteroatoms. The average molecular weight is 713 g/mol. The van der Waals surface area contributed by atoms with Crippen molar-refractivity contribution in [3.05, 3.63) is 154 Å². The zero-order valence-corrected chi connectivity index (χ0v) is 32.0. The lowest BCUT2D eigenvalue weighted by atomic mass is 10.0. The number of benzene rings is 5. The van der Waals surface area contributed by atoms with Gasteiger partial charge in [0.1, 0.15) is 0 Å². The maximum atomic E-state index is 12.5. The SMILES string of the molecule is CC(CN(C)C)CN1c2ccccc2CCc2ccccc21.CN(CCCN1c2ccccc2CCc2ccccc21)CC(=O)c1ccc(Cl)cc1. The summed E-state index contributed by atoms with van der Waals surface area (Å²) in [6.07, 6.45) is 5.38. The molecule has 1 unspecified atom stereocenters. The molecular formula is C46H53ClN4O. The Labute approximate surface area is 316 Å². The van der Waals surface area contributed by atoms with E-state index in [1.165, 1.54) is 45.0 Å². The van der Waals surface area contributed by atoms with Crippen molar-refractivity contribution >= 4 is 40.1 Å². The molecule has 52 heavy (non-hydrogen) atoms. The Hall–Kier alpha value is -4.42. The molecule has 0 aromatic heterocycles. The number of ketones is 1. The summed E-state index contributed by atoms with van der Waals surface area (Å²) in [7, 11) is 6.32.